The quantitative estimate of drug-likeness (QED) is 0.613. The molecule has 0 amide bonds. The Morgan fingerprint density at radius 2 is 1.94 bits per heavy atom. The number of nitrogens with two attached hydrogens (primary N) is 1. The molecule has 0 spiro atoms. The van der Waals surface area contributed by atoms with Gasteiger partial charge in [-0.2, -0.15) is 11.8 Å². The van der Waals surface area contributed by atoms with Crippen molar-refractivity contribution >= 4 is 23.1 Å². The van der Waals surface area contributed by atoms with Gasteiger partial charge in [0.05, 0.1) is 11.4 Å². The van der Waals surface area contributed by atoms with E-state index in [1.54, 1.807) is 0 Å². The van der Waals surface area contributed by atoms with Crippen molar-refractivity contribution < 1.29 is 9.47 Å². The molecule has 2 rings (SSSR count). The first-order chi connectivity index (χ1) is 8.81. The van der Waals surface area contributed by atoms with Crippen LogP contribution < -0.4 is 20.5 Å². The van der Waals surface area contributed by atoms with Gasteiger partial charge in [0.15, 0.2) is 11.5 Å². The van der Waals surface area contributed by atoms with Gasteiger partial charge in [0.2, 0.25) is 0 Å². The summed E-state index contributed by atoms with van der Waals surface area (Å²) >= 11 is 1.88. The topological polar surface area (TPSA) is 56.5 Å². The van der Waals surface area contributed by atoms with E-state index in [-0.39, 0.29) is 0 Å². The van der Waals surface area contributed by atoms with Crippen molar-refractivity contribution in [3.8, 4) is 11.5 Å². The van der Waals surface area contributed by atoms with E-state index >= 15 is 0 Å². The second kappa shape index (κ2) is 6.64. The van der Waals surface area contributed by atoms with Crippen LogP contribution in [0.5, 0.6) is 11.5 Å². The summed E-state index contributed by atoms with van der Waals surface area (Å²) in [7, 11) is 0. The lowest BCUT2D eigenvalue weighted by Gasteiger charge is -2.20. The van der Waals surface area contributed by atoms with Crippen LogP contribution in [0.1, 0.15) is 12.8 Å². The van der Waals surface area contributed by atoms with E-state index in [2.05, 4.69) is 11.6 Å². The maximum atomic E-state index is 5.98. The van der Waals surface area contributed by atoms with E-state index < -0.39 is 0 Å². The zero-order chi connectivity index (χ0) is 12.8. The maximum Gasteiger partial charge on any atom is 0.163 e. The van der Waals surface area contributed by atoms with Gasteiger partial charge in [-0.05, 0) is 24.9 Å². The summed E-state index contributed by atoms with van der Waals surface area (Å²) in [6.45, 7) is 2.13. The van der Waals surface area contributed by atoms with E-state index in [9.17, 15) is 0 Å². The molecule has 0 radical (unpaired) electrons. The van der Waals surface area contributed by atoms with Gasteiger partial charge in [0.1, 0.15) is 13.2 Å². The number of nitrogens with one attached hydrogen (secondary N) is 1. The molecule has 0 aliphatic carbocycles. The molecule has 1 heterocycles. The van der Waals surface area contributed by atoms with Crippen LogP contribution in [0.25, 0.3) is 0 Å². The predicted molar refractivity (Wildman–Crippen MR) is 78.0 cm³/mol. The molecule has 0 bridgehead atoms. The monoisotopic (exact) mass is 268 g/mol. The van der Waals surface area contributed by atoms with Crippen LogP contribution in [0.2, 0.25) is 0 Å². The summed E-state index contributed by atoms with van der Waals surface area (Å²) < 4.78 is 11.0. The van der Waals surface area contributed by atoms with E-state index in [1.807, 2.05) is 23.9 Å². The maximum absolute atomic E-state index is 5.98. The van der Waals surface area contributed by atoms with Crippen molar-refractivity contribution in [1.29, 1.82) is 0 Å². The van der Waals surface area contributed by atoms with Gasteiger partial charge in [-0.25, -0.2) is 0 Å². The highest BCUT2D eigenvalue weighted by atomic mass is 32.2. The van der Waals surface area contributed by atoms with Gasteiger partial charge in [-0.3, -0.25) is 0 Å². The average molecular weight is 268 g/mol. The van der Waals surface area contributed by atoms with Crippen LogP contribution in [0, 0.1) is 0 Å². The number of anilines is 2. The van der Waals surface area contributed by atoms with E-state index in [0.29, 0.717) is 18.9 Å². The Balaban J connectivity index is 1.91. The predicted octanol–water partition coefficient (Wildman–Crippen LogP) is 2.60. The smallest absolute Gasteiger partial charge is 0.163 e. The first-order valence-electron chi connectivity index (χ1n) is 6.23. The number of benzene rings is 1. The molecular formula is C13H20N2O2S. The largest absolute Gasteiger partial charge is 0.486 e. The SMILES string of the molecule is CSCCCCNc1cc2c(cc1N)OCCO2. The van der Waals surface area contributed by atoms with Gasteiger partial charge in [-0.1, -0.05) is 0 Å². The molecule has 0 saturated carbocycles. The van der Waals surface area contributed by atoms with Crippen molar-refractivity contribution in [2.45, 2.75) is 12.8 Å². The van der Waals surface area contributed by atoms with Gasteiger partial charge >= 0.3 is 0 Å². The fraction of sp³-hybridized carbons (Fsp3) is 0.538. The highest BCUT2D eigenvalue weighted by Crippen LogP contribution is 2.36. The summed E-state index contributed by atoms with van der Waals surface area (Å²) in [6, 6.07) is 3.76. The molecule has 1 aromatic rings. The number of fused-ring (bicyclic) bond motifs is 1. The van der Waals surface area contributed by atoms with E-state index in [4.69, 9.17) is 15.2 Å². The molecule has 1 aliphatic heterocycles. The fourth-order valence-corrected chi connectivity index (χ4v) is 2.34. The summed E-state index contributed by atoms with van der Waals surface area (Å²) in [5, 5.41) is 3.35. The molecule has 0 unspecified atom stereocenters. The second-order valence-electron chi connectivity index (χ2n) is 4.21. The normalized spacial score (nSPS) is 13.4. The Hall–Kier alpha value is -1.23. The molecule has 3 N–H and O–H groups in total. The van der Waals surface area contributed by atoms with Crippen LogP contribution >= 0.6 is 11.8 Å². The first kappa shape index (κ1) is 13.2. The van der Waals surface area contributed by atoms with Crippen LogP contribution in [-0.4, -0.2) is 31.8 Å². The molecular weight excluding hydrogens is 248 g/mol. The zero-order valence-electron chi connectivity index (χ0n) is 10.7. The number of thioether (sulfide) groups is 1. The van der Waals surface area contributed by atoms with Gasteiger partial charge in [0, 0.05) is 18.7 Å². The van der Waals surface area contributed by atoms with Crippen LogP contribution in [0.15, 0.2) is 12.1 Å². The standard InChI is InChI=1S/C13H20N2O2S/c1-18-7-3-2-4-15-11-9-13-12(8-10(11)14)16-5-6-17-13/h8-9,15H,2-7,14H2,1H3. The van der Waals surface area contributed by atoms with Gasteiger partial charge in [0.25, 0.3) is 0 Å². The third-order valence-corrected chi connectivity index (χ3v) is 3.50. The number of ether oxygens (including phenoxy) is 2. The minimum absolute atomic E-state index is 0.591. The van der Waals surface area contributed by atoms with Crippen LogP contribution in [0.3, 0.4) is 0 Å². The third-order valence-electron chi connectivity index (χ3n) is 2.81. The Bertz CT molecular complexity index is 399. The minimum Gasteiger partial charge on any atom is -0.486 e. The lowest BCUT2D eigenvalue weighted by Crippen LogP contribution is -2.16. The molecule has 4 nitrogen and oxygen atoms in total. The number of hydrogen-bond acceptors (Lipinski definition) is 5. The summed E-state index contributed by atoms with van der Waals surface area (Å²) in [6.07, 6.45) is 4.50. The van der Waals surface area contributed by atoms with Crippen molar-refractivity contribution in [3.63, 3.8) is 0 Å². The third kappa shape index (κ3) is 3.38. The highest BCUT2D eigenvalue weighted by molar-refractivity contribution is 7.98. The number of unbranched alkanes of at least 4 members (excludes halogenated alkanes) is 1. The average Bonchev–Trinajstić information content (AvgIpc) is 2.39. The molecule has 1 aromatic carbocycles. The summed E-state index contributed by atoms with van der Waals surface area (Å²) in [4.78, 5) is 0. The van der Waals surface area contributed by atoms with Gasteiger partial charge in [-0.15, -0.1) is 0 Å². The molecule has 1 aliphatic rings. The zero-order valence-corrected chi connectivity index (χ0v) is 11.5. The Morgan fingerprint density at radius 3 is 2.67 bits per heavy atom. The molecule has 5 heteroatoms. The molecule has 0 atom stereocenters. The van der Waals surface area contributed by atoms with E-state index in [0.717, 1.165) is 30.2 Å². The molecule has 100 valence electrons. The van der Waals surface area contributed by atoms with Crippen molar-refractivity contribution in [2.24, 2.45) is 0 Å². The summed E-state index contributed by atoms with van der Waals surface area (Å²) in [5.41, 5.74) is 7.63. The fourth-order valence-electron chi connectivity index (χ4n) is 1.85. The van der Waals surface area contributed by atoms with E-state index in [1.165, 1.54) is 12.2 Å². The molecule has 18 heavy (non-hydrogen) atoms. The lowest BCUT2D eigenvalue weighted by molar-refractivity contribution is 0.172. The molecule has 0 fully saturated rings. The van der Waals surface area contributed by atoms with Gasteiger partial charge < -0.3 is 20.5 Å². The van der Waals surface area contributed by atoms with Crippen LogP contribution in [0.4, 0.5) is 11.4 Å². The van der Waals surface area contributed by atoms with Crippen molar-refractivity contribution in [3.05, 3.63) is 12.1 Å². The second-order valence-corrected chi connectivity index (χ2v) is 5.20. The highest BCUT2D eigenvalue weighted by Gasteiger charge is 2.14. The number of nitrogen functional groups attached to an aromatic ring is 1. The minimum atomic E-state index is 0.591. The number of hydrogen-bond donors (Lipinski definition) is 2. The summed E-state index contributed by atoms with van der Waals surface area (Å²) in [5.74, 6) is 2.73. The van der Waals surface area contributed by atoms with Crippen molar-refractivity contribution in [2.75, 3.05) is 42.8 Å². The van der Waals surface area contributed by atoms with Crippen molar-refractivity contribution in [1.82, 2.24) is 0 Å². The lowest BCUT2D eigenvalue weighted by atomic mass is 10.2. The Labute approximate surface area is 112 Å². The Morgan fingerprint density at radius 1 is 1.22 bits per heavy atom. The van der Waals surface area contributed by atoms with Crippen LogP contribution in [-0.2, 0) is 0 Å². The molecule has 0 aromatic heterocycles. The Kier molecular flexibility index (Phi) is 4.87. The number of rotatable bonds is 6. The molecule has 0 saturated heterocycles. The first-order valence-corrected chi connectivity index (χ1v) is 7.62.